The number of hydrogen-bond acceptors (Lipinski definition) is 2. The summed E-state index contributed by atoms with van der Waals surface area (Å²) in [4.78, 5) is 0. The molecule has 1 aromatic rings. The van der Waals surface area contributed by atoms with Crippen LogP contribution in [0.1, 0.15) is 42.9 Å². The molecule has 0 saturated heterocycles. The van der Waals surface area contributed by atoms with Crippen LogP contribution in [-0.4, -0.2) is 12.6 Å². The Kier molecular flexibility index (Phi) is 3.29. The Morgan fingerprint density at radius 1 is 1.28 bits per heavy atom. The Labute approximate surface area is 110 Å². The Morgan fingerprint density at radius 2 is 2.00 bits per heavy atom. The van der Waals surface area contributed by atoms with Crippen LogP contribution in [0.25, 0.3) is 0 Å². The number of nitrogens with two attached hydrogens (primary N) is 1. The normalized spacial score (nSPS) is 19.7. The van der Waals surface area contributed by atoms with Crippen LogP contribution in [0.15, 0.2) is 12.1 Å². The fourth-order valence-electron chi connectivity index (χ4n) is 2.79. The molecule has 0 bridgehead atoms. The molecule has 1 saturated carbocycles. The highest BCUT2D eigenvalue weighted by molar-refractivity contribution is 5.45. The topological polar surface area (TPSA) is 35.2 Å². The minimum atomic E-state index is 0.202. The van der Waals surface area contributed by atoms with Crippen LogP contribution in [0.3, 0.4) is 0 Å². The van der Waals surface area contributed by atoms with Gasteiger partial charge in [-0.2, -0.15) is 0 Å². The van der Waals surface area contributed by atoms with Crippen molar-refractivity contribution in [3.8, 4) is 5.75 Å². The molecule has 2 aliphatic carbocycles. The molecule has 2 aliphatic rings. The van der Waals surface area contributed by atoms with E-state index in [-0.39, 0.29) is 6.04 Å². The predicted octanol–water partition coefficient (Wildman–Crippen LogP) is 2.85. The van der Waals surface area contributed by atoms with Gasteiger partial charge in [0.15, 0.2) is 0 Å². The highest BCUT2D eigenvalue weighted by Crippen LogP contribution is 2.33. The summed E-state index contributed by atoms with van der Waals surface area (Å²) in [6, 6.07) is 4.82. The van der Waals surface area contributed by atoms with Crippen LogP contribution in [0, 0.1) is 5.92 Å². The van der Waals surface area contributed by atoms with Crippen molar-refractivity contribution in [2.24, 2.45) is 11.7 Å². The Morgan fingerprint density at radius 3 is 2.67 bits per heavy atom. The fraction of sp³-hybridized carbons (Fsp3) is 0.625. The minimum Gasteiger partial charge on any atom is -0.493 e. The summed E-state index contributed by atoms with van der Waals surface area (Å²) in [7, 11) is 0. The van der Waals surface area contributed by atoms with Crippen molar-refractivity contribution in [1.29, 1.82) is 0 Å². The van der Waals surface area contributed by atoms with E-state index in [1.807, 2.05) is 0 Å². The maximum absolute atomic E-state index is 6.03. The summed E-state index contributed by atoms with van der Waals surface area (Å²) in [6.07, 6.45) is 7.34. The molecule has 3 rings (SSSR count). The summed E-state index contributed by atoms with van der Waals surface area (Å²) >= 11 is 0. The van der Waals surface area contributed by atoms with Crippen LogP contribution < -0.4 is 10.5 Å². The molecule has 98 valence electrons. The Balaban J connectivity index is 1.82. The van der Waals surface area contributed by atoms with Crippen LogP contribution in [0.2, 0.25) is 0 Å². The summed E-state index contributed by atoms with van der Waals surface area (Å²) in [5, 5.41) is 0. The fourth-order valence-corrected chi connectivity index (χ4v) is 2.79. The van der Waals surface area contributed by atoms with E-state index < -0.39 is 0 Å². The number of rotatable bonds is 5. The number of benzene rings is 1. The lowest BCUT2D eigenvalue weighted by Crippen LogP contribution is -2.18. The van der Waals surface area contributed by atoms with Gasteiger partial charge in [-0.25, -0.2) is 0 Å². The van der Waals surface area contributed by atoms with Gasteiger partial charge in [-0.05, 0) is 74.1 Å². The summed E-state index contributed by atoms with van der Waals surface area (Å²) in [6.45, 7) is 2.96. The summed E-state index contributed by atoms with van der Waals surface area (Å²) in [5.74, 6) is 1.90. The third kappa shape index (κ3) is 2.69. The van der Waals surface area contributed by atoms with Gasteiger partial charge in [0.2, 0.25) is 0 Å². The first-order valence-electron chi connectivity index (χ1n) is 7.25. The van der Waals surface area contributed by atoms with Gasteiger partial charge in [-0.3, -0.25) is 0 Å². The second kappa shape index (κ2) is 4.93. The van der Waals surface area contributed by atoms with E-state index in [2.05, 4.69) is 19.1 Å². The first-order chi connectivity index (χ1) is 8.72. The number of aryl methyl sites for hydroxylation is 2. The lowest BCUT2D eigenvalue weighted by atomic mass is 10.0. The van der Waals surface area contributed by atoms with Gasteiger partial charge in [0.25, 0.3) is 0 Å². The van der Waals surface area contributed by atoms with Crippen molar-refractivity contribution >= 4 is 0 Å². The lowest BCUT2D eigenvalue weighted by molar-refractivity contribution is 0.296. The maximum Gasteiger partial charge on any atom is 0.122 e. The highest BCUT2D eigenvalue weighted by atomic mass is 16.5. The first kappa shape index (κ1) is 12.0. The van der Waals surface area contributed by atoms with Crippen LogP contribution in [0.5, 0.6) is 5.75 Å². The van der Waals surface area contributed by atoms with E-state index in [9.17, 15) is 0 Å². The quantitative estimate of drug-likeness (QED) is 0.865. The molecular weight excluding hydrogens is 222 g/mol. The maximum atomic E-state index is 6.03. The van der Waals surface area contributed by atoms with Gasteiger partial charge in [0.1, 0.15) is 5.75 Å². The smallest absolute Gasteiger partial charge is 0.122 e. The average Bonchev–Trinajstić information content (AvgIpc) is 3.04. The first-order valence-corrected chi connectivity index (χ1v) is 7.25. The van der Waals surface area contributed by atoms with Crippen molar-refractivity contribution in [2.75, 3.05) is 6.61 Å². The van der Waals surface area contributed by atoms with Gasteiger partial charge >= 0.3 is 0 Å². The molecule has 0 radical (unpaired) electrons. The molecule has 2 nitrogen and oxygen atoms in total. The largest absolute Gasteiger partial charge is 0.493 e. The van der Waals surface area contributed by atoms with Crippen LogP contribution in [-0.2, 0) is 19.3 Å². The van der Waals surface area contributed by atoms with E-state index >= 15 is 0 Å². The molecular formula is C16H23NO. The monoisotopic (exact) mass is 245 g/mol. The molecule has 0 aliphatic heterocycles. The lowest BCUT2D eigenvalue weighted by Gasteiger charge is -2.15. The SMILES string of the molecule is CC(N)Cc1cc2c(cc1OCC1CC1)CCC2. The second-order valence-corrected chi connectivity index (χ2v) is 6.02. The zero-order valence-electron chi connectivity index (χ0n) is 11.2. The molecule has 0 spiro atoms. The standard InChI is InChI=1S/C16H23NO/c1-11(17)7-15-8-13-3-2-4-14(13)9-16(15)18-10-12-5-6-12/h8-9,11-12H,2-7,10,17H2,1H3. The van der Waals surface area contributed by atoms with Crippen LogP contribution in [0.4, 0.5) is 0 Å². The van der Waals surface area contributed by atoms with Gasteiger partial charge in [0.05, 0.1) is 6.61 Å². The highest BCUT2D eigenvalue weighted by Gasteiger charge is 2.23. The van der Waals surface area contributed by atoms with Crippen molar-refractivity contribution in [1.82, 2.24) is 0 Å². The molecule has 2 heteroatoms. The third-order valence-electron chi connectivity index (χ3n) is 3.99. The average molecular weight is 245 g/mol. The van der Waals surface area contributed by atoms with Gasteiger partial charge in [-0.1, -0.05) is 6.07 Å². The zero-order valence-corrected chi connectivity index (χ0v) is 11.2. The Bertz CT molecular complexity index is 435. The number of hydrogen-bond donors (Lipinski definition) is 1. The van der Waals surface area contributed by atoms with Crippen molar-refractivity contribution in [3.63, 3.8) is 0 Å². The van der Waals surface area contributed by atoms with Gasteiger partial charge in [-0.15, -0.1) is 0 Å². The second-order valence-electron chi connectivity index (χ2n) is 6.02. The van der Waals surface area contributed by atoms with Crippen molar-refractivity contribution < 1.29 is 4.74 Å². The Hall–Kier alpha value is -1.02. The molecule has 1 fully saturated rings. The number of fused-ring (bicyclic) bond motifs is 1. The van der Waals surface area contributed by atoms with Crippen molar-refractivity contribution in [3.05, 3.63) is 28.8 Å². The van der Waals surface area contributed by atoms with Gasteiger partial charge < -0.3 is 10.5 Å². The molecule has 0 amide bonds. The zero-order chi connectivity index (χ0) is 12.5. The van der Waals surface area contributed by atoms with Crippen molar-refractivity contribution in [2.45, 2.75) is 51.5 Å². The van der Waals surface area contributed by atoms with E-state index in [4.69, 9.17) is 10.5 Å². The third-order valence-corrected chi connectivity index (χ3v) is 3.99. The predicted molar refractivity (Wildman–Crippen MR) is 74.0 cm³/mol. The molecule has 18 heavy (non-hydrogen) atoms. The van der Waals surface area contributed by atoms with Gasteiger partial charge in [0, 0.05) is 6.04 Å². The van der Waals surface area contributed by atoms with E-state index in [1.165, 1.54) is 48.8 Å². The molecule has 1 unspecified atom stereocenters. The van der Waals surface area contributed by atoms with E-state index in [0.717, 1.165) is 24.7 Å². The number of ether oxygens (including phenoxy) is 1. The summed E-state index contributed by atoms with van der Waals surface area (Å²) in [5.41, 5.74) is 10.3. The molecule has 0 heterocycles. The minimum absolute atomic E-state index is 0.202. The molecule has 2 N–H and O–H groups in total. The molecule has 1 aromatic carbocycles. The van der Waals surface area contributed by atoms with Crippen LogP contribution >= 0.6 is 0 Å². The summed E-state index contributed by atoms with van der Waals surface area (Å²) < 4.78 is 6.03. The molecule has 1 atom stereocenters. The van der Waals surface area contributed by atoms with E-state index in [0.29, 0.717) is 0 Å². The van der Waals surface area contributed by atoms with E-state index in [1.54, 1.807) is 0 Å². The molecule has 0 aromatic heterocycles.